The molecule has 0 fully saturated rings. The fourth-order valence-electron chi connectivity index (χ4n) is 1.11. The predicted octanol–water partition coefficient (Wildman–Crippen LogP) is 3.65. The average Bonchev–Trinajstić information content (AvgIpc) is 2.15. The number of hydrogen-bond donors (Lipinski definition) is 0. The summed E-state index contributed by atoms with van der Waals surface area (Å²) in [7, 11) is 0. The number of halogens is 5. The minimum absolute atomic E-state index is 0.284. The normalized spacial score (nSPS) is 13.6. The van der Waals surface area contributed by atoms with Gasteiger partial charge in [-0.1, -0.05) is 0 Å². The lowest BCUT2D eigenvalue weighted by Crippen LogP contribution is -2.14. The van der Waals surface area contributed by atoms with Gasteiger partial charge in [0, 0.05) is 0 Å². The van der Waals surface area contributed by atoms with Crippen molar-refractivity contribution in [2.75, 3.05) is 0 Å². The molecule has 1 aromatic carbocycles. The third-order valence-corrected chi connectivity index (χ3v) is 2.12. The molecule has 16 heavy (non-hydrogen) atoms. The Labute approximate surface area is 94.0 Å². The SMILES string of the molecule is CC(Cl)C(=O)c1ccc(C(F)(F)F)cc1F. The van der Waals surface area contributed by atoms with Crippen LogP contribution in [0.2, 0.25) is 0 Å². The molecule has 0 bridgehead atoms. The summed E-state index contributed by atoms with van der Waals surface area (Å²) in [5, 5.41) is -0.980. The van der Waals surface area contributed by atoms with Gasteiger partial charge in [-0.15, -0.1) is 11.6 Å². The van der Waals surface area contributed by atoms with Crippen LogP contribution in [0.1, 0.15) is 22.8 Å². The maximum Gasteiger partial charge on any atom is 0.416 e. The Balaban J connectivity index is 3.15. The van der Waals surface area contributed by atoms with Crippen molar-refractivity contribution in [1.82, 2.24) is 0 Å². The lowest BCUT2D eigenvalue weighted by molar-refractivity contribution is -0.137. The van der Waals surface area contributed by atoms with E-state index in [1.165, 1.54) is 6.92 Å². The Bertz CT molecular complexity index is 412. The van der Waals surface area contributed by atoms with Gasteiger partial charge < -0.3 is 0 Å². The van der Waals surface area contributed by atoms with Gasteiger partial charge in [-0.05, 0) is 25.1 Å². The molecule has 0 aliphatic heterocycles. The smallest absolute Gasteiger partial charge is 0.292 e. The quantitative estimate of drug-likeness (QED) is 0.447. The highest BCUT2D eigenvalue weighted by atomic mass is 35.5. The van der Waals surface area contributed by atoms with E-state index in [1.807, 2.05) is 0 Å². The van der Waals surface area contributed by atoms with Gasteiger partial charge in [0.05, 0.1) is 16.5 Å². The largest absolute Gasteiger partial charge is 0.416 e. The summed E-state index contributed by atoms with van der Waals surface area (Å²) in [4.78, 5) is 11.3. The van der Waals surface area contributed by atoms with Gasteiger partial charge in [-0.2, -0.15) is 13.2 Å². The summed E-state index contributed by atoms with van der Waals surface area (Å²) in [5.74, 6) is -1.96. The van der Waals surface area contributed by atoms with E-state index in [0.29, 0.717) is 6.07 Å². The first kappa shape index (κ1) is 13.0. The number of carbonyl (C=O) groups excluding carboxylic acids is 1. The van der Waals surface area contributed by atoms with Crippen molar-refractivity contribution < 1.29 is 22.4 Å². The highest BCUT2D eigenvalue weighted by molar-refractivity contribution is 6.33. The summed E-state index contributed by atoms with van der Waals surface area (Å²) < 4.78 is 49.8. The molecule has 1 atom stereocenters. The van der Waals surface area contributed by atoms with E-state index in [4.69, 9.17) is 11.6 Å². The van der Waals surface area contributed by atoms with Crippen molar-refractivity contribution in [3.63, 3.8) is 0 Å². The molecule has 0 saturated carbocycles. The van der Waals surface area contributed by atoms with E-state index in [-0.39, 0.29) is 6.07 Å². The zero-order valence-electron chi connectivity index (χ0n) is 8.11. The van der Waals surface area contributed by atoms with Crippen molar-refractivity contribution in [2.45, 2.75) is 18.5 Å². The molecular weight excluding hydrogens is 248 g/mol. The standard InChI is InChI=1S/C10H7ClF4O/c1-5(11)9(16)7-3-2-6(4-8(7)12)10(13,14)15/h2-5H,1H3. The van der Waals surface area contributed by atoms with Gasteiger partial charge >= 0.3 is 6.18 Å². The lowest BCUT2D eigenvalue weighted by atomic mass is 10.1. The van der Waals surface area contributed by atoms with Crippen molar-refractivity contribution in [2.24, 2.45) is 0 Å². The van der Waals surface area contributed by atoms with E-state index in [0.717, 1.165) is 6.07 Å². The topological polar surface area (TPSA) is 17.1 Å². The number of carbonyl (C=O) groups is 1. The maximum atomic E-state index is 13.2. The molecule has 1 nitrogen and oxygen atoms in total. The van der Waals surface area contributed by atoms with Crippen LogP contribution in [0.25, 0.3) is 0 Å². The first-order valence-electron chi connectivity index (χ1n) is 4.28. The molecule has 0 aromatic heterocycles. The number of benzene rings is 1. The zero-order valence-corrected chi connectivity index (χ0v) is 8.86. The van der Waals surface area contributed by atoms with E-state index in [1.54, 1.807) is 0 Å². The Hall–Kier alpha value is -1.10. The van der Waals surface area contributed by atoms with Crippen molar-refractivity contribution >= 4 is 17.4 Å². The van der Waals surface area contributed by atoms with Gasteiger partial charge in [0.25, 0.3) is 0 Å². The van der Waals surface area contributed by atoms with Crippen molar-refractivity contribution in [3.05, 3.63) is 35.1 Å². The van der Waals surface area contributed by atoms with E-state index >= 15 is 0 Å². The first-order valence-corrected chi connectivity index (χ1v) is 4.72. The molecule has 1 unspecified atom stereocenters. The summed E-state index contributed by atoms with van der Waals surface area (Å²) in [5.41, 5.74) is -1.57. The van der Waals surface area contributed by atoms with Crippen LogP contribution in [0, 0.1) is 5.82 Å². The molecule has 88 valence electrons. The highest BCUT2D eigenvalue weighted by Crippen LogP contribution is 2.30. The second kappa shape index (κ2) is 4.41. The molecule has 0 N–H and O–H groups in total. The van der Waals surface area contributed by atoms with E-state index in [9.17, 15) is 22.4 Å². The molecule has 0 amide bonds. The van der Waals surface area contributed by atoms with Gasteiger partial charge in [0.2, 0.25) is 0 Å². The molecule has 6 heteroatoms. The van der Waals surface area contributed by atoms with Crippen LogP contribution in [0.4, 0.5) is 17.6 Å². The number of alkyl halides is 4. The number of rotatable bonds is 2. The van der Waals surface area contributed by atoms with Crippen molar-refractivity contribution in [1.29, 1.82) is 0 Å². The fraction of sp³-hybridized carbons (Fsp3) is 0.300. The molecule has 0 spiro atoms. The lowest BCUT2D eigenvalue weighted by Gasteiger charge is -2.09. The van der Waals surface area contributed by atoms with Gasteiger partial charge in [0.1, 0.15) is 5.82 Å². The number of Topliss-reactive ketones (excluding diaryl/α,β-unsaturated/α-hetero) is 1. The van der Waals surface area contributed by atoms with Gasteiger partial charge in [-0.3, -0.25) is 4.79 Å². The minimum Gasteiger partial charge on any atom is -0.292 e. The summed E-state index contributed by atoms with van der Waals surface area (Å²) in [6, 6.07) is 1.72. The number of hydrogen-bond acceptors (Lipinski definition) is 1. The fourth-order valence-corrected chi connectivity index (χ4v) is 1.22. The van der Waals surface area contributed by atoms with Crippen LogP contribution in [-0.4, -0.2) is 11.2 Å². The second-order valence-electron chi connectivity index (χ2n) is 3.17. The Kier molecular flexibility index (Phi) is 3.57. The van der Waals surface area contributed by atoms with E-state index < -0.39 is 34.3 Å². The number of ketones is 1. The van der Waals surface area contributed by atoms with Crippen LogP contribution in [-0.2, 0) is 6.18 Å². The monoisotopic (exact) mass is 254 g/mol. The molecule has 0 aliphatic rings. The van der Waals surface area contributed by atoms with Crippen LogP contribution in [0.15, 0.2) is 18.2 Å². The van der Waals surface area contributed by atoms with Crippen LogP contribution >= 0.6 is 11.6 Å². The summed E-state index contributed by atoms with van der Waals surface area (Å²) in [6.45, 7) is 1.32. The summed E-state index contributed by atoms with van der Waals surface area (Å²) >= 11 is 5.43. The molecule has 0 aliphatic carbocycles. The van der Waals surface area contributed by atoms with Crippen LogP contribution < -0.4 is 0 Å². The maximum absolute atomic E-state index is 13.2. The molecule has 1 aromatic rings. The molecule has 0 heterocycles. The van der Waals surface area contributed by atoms with Crippen LogP contribution in [0.3, 0.4) is 0 Å². The zero-order chi connectivity index (χ0) is 12.5. The predicted molar refractivity (Wildman–Crippen MR) is 51.0 cm³/mol. The average molecular weight is 255 g/mol. The Morgan fingerprint density at radius 2 is 1.94 bits per heavy atom. The third-order valence-electron chi connectivity index (χ3n) is 1.92. The third kappa shape index (κ3) is 2.72. The Morgan fingerprint density at radius 1 is 1.38 bits per heavy atom. The molecule has 1 rings (SSSR count). The highest BCUT2D eigenvalue weighted by Gasteiger charge is 2.31. The molecular formula is C10H7ClF4O. The molecule has 0 radical (unpaired) electrons. The van der Waals surface area contributed by atoms with Crippen LogP contribution in [0.5, 0.6) is 0 Å². The first-order chi connectivity index (χ1) is 7.23. The van der Waals surface area contributed by atoms with E-state index in [2.05, 4.69) is 0 Å². The van der Waals surface area contributed by atoms with Gasteiger partial charge in [-0.25, -0.2) is 4.39 Å². The Morgan fingerprint density at radius 3 is 2.31 bits per heavy atom. The van der Waals surface area contributed by atoms with Gasteiger partial charge in [0.15, 0.2) is 5.78 Å². The van der Waals surface area contributed by atoms with Crippen molar-refractivity contribution in [3.8, 4) is 0 Å². The molecule has 0 saturated heterocycles. The minimum atomic E-state index is -4.63. The summed E-state index contributed by atoms with van der Waals surface area (Å²) in [6.07, 6.45) is -4.63. The second-order valence-corrected chi connectivity index (χ2v) is 3.83.